The summed E-state index contributed by atoms with van der Waals surface area (Å²) < 4.78 is 5.14. The summed E-state index contributed by atoms with van der Waals surface area (Å²) in [6.07, 6.45) is 0. The van der Waals surface area contributed by atoms with Gasteiger partial charge in [-0.3, -0.25) is 15.0 Å². The SMILES string of the molecule is Cc1noc(C)c1CNc1ccc(-c2cc(=O)[nH][nH]2)cc1. The second-order valence-electron chi connectivity index (χ2n) is 4.91. The monoisotopic (exact) mass is 284 g/mol. The summed E-state index contributed by atoms with van der Waals surface area (Å²) in [6.45, 7) is 4.50. The minimum Gasteiger partial charge on any atom is -0.381 e. The second-order valence-corrected chi connectivity index (χ2v) is 4.91. The Hall–Kier alpha value is -2.76. The molecule has 3 N–H and O–H groups in total. The van der Waals surface area contributed by atoms with Gasteiger partial charge in [0.15, 0.2) is 0 Å². The number of rotatable bonds is 4. The lowest BCUT2D eigenvalue weighted by Gasteiger charge is -2.06. The van der Waals surface area contributed by atoms with E-state index in [1.807, 2.05) is 38.1 Å². The van der Waals surface area contributed by atoms with Crippen molar-refractivity contribution in [2.75, 3.05) is 5.32 Å². The van der Waals surface area contributed by atoms with E-state index in [0.717, 1.165) is 34.0 Å². The molecule has 0 amide bonds. The van der Waals surface area contributed by atoms with E-state index in [2.05, 4.69) is 20.7 Å². The number of benzene rings is 1. The summed E-state index contributed by atoms with van der Waals surface area (Å²) in [4.78, 5) is 11.1. The molecule has 6 heteroatoms. The van der Waals surface area contributed by atoms with Gasteiger partial charge in [0.05, 0.1) is 11.4 Å². The van der Waals surface area contributed by atoms with Crippen molar-refractivity contribution in [2.24, 2.45) is 0 Å². The number of hydrogen-bond acceptors (Lipinski definition) is 4. The van der Waals surface area contributed by atoms with Gasteiger partial charge in [0, 0.05) is 23.9 Å². The first-order chi connectivity index (χ1) is 10.1. The molecule has 0 saturated heterocycles. The Morgan fingerprint density at radius 1 is 1.19 bits per heavy atom. The molecule has 0 aliphatic carbocycles. The molecule has 1 aromatic carbocycles. The van der Waals surface area contributed by atoms with Crippen molar-refractivity contribution in [3.8, 4) is 11.3 Å². The Balaban J connectivity index is 1.72. The van der Waals surface area contributed by atoms with Gasteiger partial charge in [-0.1, -0.05) is 17.3 Å². The highest BCUT2D eigenvalue weighted by Crippen LogP contribution is 2.19. The fourth-order valence-electron chi connectivity index (χ4n) is 2.20. The largest absolute Gasteiger partial charge is 0.381 e. The molecule has 0 spiro atoms. The van der Waals surface area contributed by atoms with Gasteiger partial charge >= 0.3 is 0 Å². The second kappa shape index (κ2) is 5.32. The van der Waals surface area contributed by atoms with Gasteiger partial charge in [0.1, 0.15) is 5.76 Å². The van der Waals surface area contributed by atoms with Gasteiger partial charge in [-0.05, 0) is 31.5 Å². The molecule has 0 fully saturated rings. The highest BCUT2D eigenvalue weighted by molar-refractivity contribution is 5.62. The topological polar surface area (TPSA) is 86.7 Å². The number of nitrogens with zero attached hydrogens (tertiary/aromatic N) is 1. The summed E-state index contributed by atoms with van der Waals surface area (Å²) in [5.74, 6) is 0.835. The molecule has 0 bridgehead atoms. The standard InChI is InChI=1S/C15H16N4O2/c1-9-13(10(2)21-19-9)8-16-12-5-3-11(4-6-12)14-7-15(20)18-17-14/h3-7,16H,8H2,1-2H3,(H2,17,18,20). The van der Waals surface area contributed by atoms with Crippen molar-refractivity contribution in [1.29, 1.82) is 0 Å². The van der Waals surface area contributed by atoms with Crippen LogP contribution in [0.3, 0.4) is 0 Å². The Morgan fingerprint density at radius 3 is 2.52 bits per heavy atom. The molecule has 0 saturated carbocycles. The van der Waals surface area contributed by atoms with Gasteiger partial charge in [-0.2, -0.15) is 0 Å². The van der Waals surface area contributed by atoms with Crippen LogP contribution in [-0.4, -0.2) is 15.4 Å². The maximum atomic E-state index is 11.1. The Kier molecular flexibility index (Phi) is 3.35. The molecule has 0 unspecified atom stereocenters. The first kappa shape index (κ1) is 13.2. The molecule has 6 nitrogen and oxygen atoms in total. The number of aromatic nitrogens is 3. The van der Waals surface area contributed by atoms with E-state index in [1.165, 1.54) is 6.07 Å². The van der Waals surface area contributed by atoms with Crippen LogP contribution in [0.25, 0.3) is 11.3 Å². The van der Waals surface area contributed by atoms with Crippen LogP contribution in [0, 0.1) is 13.8 Å². The summed E-state index contributed by atoms with van der Waals surface area (Å²) in [5.41, 5.74) is 4.58. The molecule has 0 radical (unpaired) electrons. The number of aryl methyl sites for hydroxylation is 2. The number of anilines is 1. The van der Waals surface area contributed by atoms with E-state index in [4.69, 9.17) is 4.52 Å². The highest BCUT2D eigenvalue weighted by Gasteiger charge is 2.08. The van der Waals surface area contributed by atoms with Crippen molar-refractivity contribution < 1.29 is 4.52 Å². The number of hydrogen-bond donors (Lipinski definition) is 3. The average Bonchev–Trinajstić information content (AvgIpc) is 3.05. The maximum Gasteiger partial charge on any atom is 0.264 e. The van der Waals surface area contributed by atoms with Crippen molar-refractivity contribution in [1.82, 2.24) is 15.4 Å². The third-order valence-corrected chi connectivity index (χ3v) is 3.44. The van der Waals surface area contributed by atoms with Gasteiger partial charge in [0.2, 0.25) is 0 Å². The molecule has 2 heterocycles. The molecule has 0 atom stereocenters. The minimum absolute atomic E-state index is 0.134. The van der Waals surface area contributed by atoms with Gasteiger partial charge in [-0.25, -0.2) is 0 Å². The van der Waals surface area contributed by atoms with Crippen LogP contribution in [-0.2, 0) is 6.54 Å². The zero-order valence-corrected chi connectivity index (χ0v) is 11.9. The van der Waals surface area contributed by atoms with Crippen molar-refractivity contribution >= 4 is 5.69 Å². The highest BCUT2D eigenvalue weighted by atomic mass is 16.5. The van der Waals surface area contributed by atoms with Crippen molar-refractivity contribution in [3.05, 3.63) is 57.7 Å². The fourth-order valence-corrected chi connectivity index (χ4v) is 2.20. The molecule has 108 valence electrons. The molecule has 3 aromatic rings. The zero-order chi connectivity index (χ0) is 14.8. The van der Waals surface area contributed by atoms with E-state index in [9.17, 15) is 4.79 Å². The van der Waals surface area contributed by atoms with Gasteiger partial charge in [-0.15, -0.1) is 0 Å². The predicted octanol–water partition coefficient (Wildman–Crippen LogP) is 2.59. The van der Waals surface area contributed by atoms with Crippen LogP contribution < -0.4 is 10.9 Å². The van der Waals surface area contributed by atoms with Crippen LogP contribution in [0.5, 0.6) is 0 Å². The smallest absolute Gasteiger partial charge is 0.264 e. The molecule has 0 aliphatic rings. The van der Waals surface area contributed by atoms with Crippen molar-refractivity contribution in [3.63, 3.8) is 0 Å². The lowest BCUT2D eigenvalue weighted by Crippen LogP contribution is -2.01. The normalized spacial score (nSPS) is 10.8. The first-order valence-corrected chi connectivity index (χ1v) is 6.67. The molecular formula is C15H16N4O2. The number of H-pyrrole nitrogens is 2. The lowest BCUT2D eigenvalue weighted by molar-refractivity contribution is 0.392. The Labute approximate surface area is 121 Å². The quantitative estimate of drug-likeness (QED) is 0.687. The Bertz CT molecular complexity index is 776. The maximum absolute atomic E-state index is 11.1. The third-order valence-electron chi connectivity index (χ3n) is 3.44. The predicted molar refractivity (Wildman–Crippen MR) is 80.2 cm³/mol. The summed E-state index contributed by atoms with van der Waals surface area (Å²) in [6, 6.07) is 9.38. The van der Waals surface area contributed by atoms with Crippen LogP contribution in [0.2, 0.25) is 0 Å². The van der Waals surface area contributed by atoms with E-state index in [-0.39, 0.29) is 5.56 Å². The first-order valence-electron chi connectivity index (χ1n) is 6.67. The molecule has 2 aromatic heterocycles. The number of aromatic amines is 2. The summed E-state index contributed by atoms with van der Waals surface area (Å²) in [5, 5.41) is 12.6. The van der Waals surface area contributed by atoms with Crippen molar-refractivity contribution in [2.45, 2.75) is 20.4 Å². The lowest BCUT2D eigenvalue weighted by atomic mass is 10.1. The van der Waals surface area contributed by atoms with Crippen LogP contribution in [0.4, 0.5) is 5.69 Å². The van der Waals surface area contributed by atoms with Gasteiger partial charge < -0.3 is 9.84 Å². The van der Waals surface area contributed by atoms with E-state index >= 15 is 0 Å². The molecule has 0 aliphatic heterocycles. The van der Waals surface area contributed by atoms with Gasteiger partial charge in [0.25, 0.3) is 5.56 Å². The molecule has 3 rings (SSSR count). The summed E-state index contributed by atoms with van der Waals surface area (Å²) in [7, 11) is 0. The zero-order valence-electron chi connectivity index (χ0n) is 11.9. The van der Waals surface area contributed by atoms with Crippen LogP contribution in [0.15, 0.2) is 39.6 Å². The summed E-state index contributed by atoms with van der Waals surface area (Å²) >= 11 is 0. The third kappa shape index (κ3) is 2.74. The van der Waals surface area contributed by atoms with Crippen LogP contribution in [0.1, 0.15) is 17.0 Å². The van der Waals surface area contributed by atoms with E-state index < -0.39 is 0 Å². The fraction of sp³-hybridized carbons (Fsp3) is 0.200. The Morgan fingerprint density at radius 2 is 1.95 bits per heavy atom. The molecule has 21 heavy (non-hydrogen) atoms. The van der Waals surface area contributed by atoms with Crippen LogP contribution >= 0.6 is 0 Å². The molecular weight excluding hydrogens is 268 g/mol. The number of nitrogens with one attached hydrogen (secondary N) is 3. The minimum atomic E-state index is -0.134. The van der Waals surface area contributed by atoms with E-state index in [1.54, 1.807) is 0 Å². The average molecular weight is 284 g/mol. The van der Waals surface area contributed by atoms with E-state index in [0.29, 0.717) is 6.54 Å².